The highest BCUT2D eigenvalue weighted by Crippen LogP contribution is 2.33. The Kier molecular flexibility index (Phi) is 4.40. The molecule has 0 spiro atoms. The molecule has 0 amide bonds. The van der Waals surface area contributed by atoms with Crippen molar-refractivity contribution in [2.45, 2.75) is 32.5 Å². The van der Waals surface area contributed by atoms with Gasteiger partial charge < -0.3 is 14.9 Å². The Labute approximate surface area is 113 Å². The molecule has 102 valence electrons. The summed E-state index contributed by atoms with van der Waals surface area (Å²) in [6, 6.07) is 11.8. The molecule has 19 heavy (non-hydrogen) atoms. The Morgan fingerprint density at radius 3 is 2.47 bits per heavy atom. The molecule has 2 aromatic carbocycles. The van der Waals surface area contributed by atoms with E-state index >= 15 is 0 Å². The fourth-order valence-corrected chi connectivity index (χ4v) is 2.08. The first kappa shape index (κ1) is 13.8. The molecule has 3 heteroatoms. The van der Waals surface area contributed by atoms with Gasteiger partial charge in [0.25, 0.3) is 0 Å². The van der Waals surface area contributed by atoms with E-state index < -0.39 is 6.10 Å². The Bertz CT molecular complexity index is 547. The summed E-state index contributed by atoms with van der Waals surface area (Å²) in [7, 11) is 0. The molecule has 3 nitrogen and oxygen atoms in total. The predicted octanol–water partition coefficient (Wildman–Crippen LogP) is 3.04. The minimum Gasteiger partial charge on any atom is -0.492 e. The van der Waals surface area contributed by atoms with E-state index in [0.29, 0.717) is 18.8 Å². The number of aliphatic hydroxyl groups is 2. The van der Waals surface area contributed by atoms with E-state index in [9.17, 15) is 10.2 Å². The Morgan fingerprint density at radius 2 is 1.79 bits per heavy atom. The molecular weight excluding hydrogens is 240 g/mol. The van der Waals surface area contributed by atoms with Crippen molar-refractivity contribution in [3.63, 3.8) is 0 Å². The Morgan fingerprint density at radius 1 is 1.05 bits per heavy atom. The quantitative estimate of drug-likeness (QED) is 0.868. The van der Waals surface area contributed by atoms with Crippen LogP contribution in [-0.4, -0.2) is 22.9 Å². The van der Waals surface area contributed by atoms with Gasteiger partial charge in [0.2, 0.25) is 0 Å². The van der Waals surface area contributed by atoms with Gasteiger partial charge in [-0.25, -0.2) is 0 Å². The van der Waals surface area contributed by atoms with E-state index in [2.05, 4.69) is 0 Å². The average molecular weight is 260 g/mol. The third-order valence-corrected chi connectivity index (χ3v) is 3.14. The highest BCUT2D eigenvalue weighted by molar-refractivity contribution is 5.89. The van der Waals surface area contributed by atoms with Crippen molar-refractivity contribution in [1.29, 1.82) is 0 Å². The molecule has 0 aromatic heterocycles. The van der Waals surface area contributed by atoms with Crippen molar-refractivity contribution in [3.05, 3.63) is 42.0 Å². The zero-order valence-electron chi connectivity index (χ0n) is 11.3. The van der Waals surface area contributed by atoms with E-state index in [1.807, 2.05) is 36.4 Å². The van der Waals surface area contributed by atoms with Crippen molar-refractivity contribution < 1.29 is 14.9 Å². The van der Waals surface area contributed by atoms with Gasteiger partial charge in [-0.2, -0.15) is 0 Å². The molecule has 0 heterocycles. The van der Waals surface area contributed by atoms with Gasteiger partial charge in [0.05, 0.1) is 18.8 Å². The van der Waals surface area contributed by atoms with Gasteiger partial charge in [-0.1, -0.05) is 36.4 Å². The van der Waals surface area contributed by atoms with E-state index in [0.717, 1.165) is 16.3 Å². The lowest BCUT2D eigenvalue weighted by atomic mass is 10.0. The molecule has 0 bridgehead atoms. The van der Waals surface area contributed by atoms with Crippen LogP contribution in [0.15, 0.2) is 36.4 Å². The first-order valence-electron chi connectivity index (χ1n) is 6.60. The van der Waals surface area contributed by atoms with Crippen LogP contribution in [0.2, 0.25) is 0 Å². The lowest BCUT2D eigenvalue weighted by Gasteiger charge is -2.16. The number of rotatable bonds is 5. The monoisotopic (exact) mass is 260 g/mol. The van der Waals surface area contributed by atoms with Crippen molar-refractivity contribution in [1.82, 2.24) is 0 Å². The first-order chi connectivity index (χ1) is 9.09. The number of hydrogen-bond donors (Lipinski definition) is 2. The lowest BCUT2D eigenvalue weighted by molar-refractivity contribution is 0.152. The second kappa shape index (κ2) is 6.04. The third kappa shape index (κ3) is 3.25. The van der Waals surface area contributed by atoms with E-state index in [4.69, 9.17) is 4.74 Å². The van der Waals surface area contributed by atoms with E-state index in [1.54, 1.807) is 13.8 Å². The predicted molar refractivity (Wildman–Crippen MR) is 76.4 cm³/mol. The van der Waals surface area contributed by atoms with Crippen molar-refractivity contribution >= 4 is 10.8 Å². The van der Waals surface area contributed by atoms with E-state index in [-0.39, 0.29) is 6.10 Å². The van der Waals surface area contributed by atoms with Crippen molar-refractivity contribution in [3.8, 4) is 5.75 Å². The summed E-state index contributed by atoms with van der Waals surface area (Å²) in [4.78, 5) is 0. The Hall–Kier alpha value is -1.58. The SMILES string of the molecule is CC(O)CCOc1c(C(C)O)ccc2ccccc12. The number of hydrogen-bond acceptors (Lipinski definition) is 3. The molecule has 0 radical (unpaired) electrons. The summed E-state index contributed by atoms with van der Waals surface area (Å²) in [5.41, 5.74) is 0.782. The average Bonchev–Trinajstić information content (AvgIpc) is 2.38. The Balaban J connectivity index is 2.38. The minimum atomic E-state index is -0.578. The van der Waals surface area contributed by atoms with Gasteiger partial charge in [0.15, 0.2) is 0 Å². The summed E-state index contributed by atoms with van der Waals surface area (Å²) in [6.45, 7) is 3.90. The first-order valence-corrected chi connectivity index (χ1v) is 6.60. The zero-order chi connectivity index (χ0) is 13.8. The van der Waals surface area contributed by atoms with E-state index in [1.165, 1.54) is 0 Å². The second-order valence-electron chi connectivity index (χ2n) is 4.87. The summed E-state index contributed by atoms with van der Waals surface area (Å²) in [5, 5.41) is 21.2. The van der Waals surface area contributed by atoms with Crippen LogP contribution in [0.4, 0.5) is 0 Å². The lowest BCUT2D eigenvalue weighted by Crippen LogP contribution is -2.09. The topological polar surface area (TPSA) is 49.7 Å². The normalized spacial score (nSPS) is 14.3. The zero-order valence-corrected chi connectivity index (χ0v) is 11.3. The molecule has 2 unspecified atom stereocenters. The molecule has 2 aromatic rings. The molecule has 2 atom stereocenters. The van der Waals surface area contributed by atoms with Gasteiger partial charge >= 0.3 is 0 Å². The minimum absolute atomic E-state index is 0.384. The fraction of sp³-hybridized carbons (Fsp3) is 0.375. The van der Waals surface area contributed by atoms with Crippen LogP contribution in [-0.2, 0) is 0 Å². The van der Waals surface area contributed by atoms with Crippen LogP contribution < -0.4 is 4.74 Å². The maximum Gasteiger partial charge on any atom is 0.132 e. The molecule has 2 N–H and O–H groups in total. The standard InChI is InChI=1S/C16H20O3/c1-11(17)9-10-19-16-14(12(2)18)8-7-13-5-3-4-6-15(13)16/h3-8,11-12,17-18H,9-10H2,1-2H3. The van der Waals surface area contributed by atoms with Crippen molar-refractivity contribution in [2.75, 3.05) is 6.61 Å². The van der Waals surface area contributed by atoms with Gasteiger partial charge in [0.1, 0.15) is 5.75 Å². The number of ether oxygens (including phenoxy) is 1. The van der Waals surface area contributed by atoms with Crippen LogP contribution in [0.5, 0.6) is 5.75 Å². The summed E-state index contributed by atoms with van der Waals surface area (Å²) < 4.78 is 5.80. The highest BCUT2D eigenvalue weighted by Gasteiger charge is 2.13. The molecule has 0 saturated heterocycles. The van der Waals surface area contributed by atoms with Crippen LogP contribution in [0, 0.1) is 0 Å². The smallest absolute Gasteiger partial charge is 0.132 e. The van der Waals surface area contributed by atoms with Crippen molar-refractivity contribution in [2.24, 2.45) is 0 Å². The highest BCUT2D eigenvalue weighted by atomic mass is 16.5. The van der Waals surface area contributed by atoms with Crippen LogP contribution in [0.25, 0.3) is 10.8 Å². The fourth-order valence-electron chi connectivity index (χ4n) is 2.08. The van der Waals surface area contributed by atoms with Gasteiger partial charge in [-0.3, -0.25) is 0 Å². The summed E-state index contributed by atoms with van der Waals surface area (Å²) in [6.07, 6.45) is -0.390. The van der Waals surface area contributed by atoms with Gasteiger partial charge in [0, 0.05) is 17.4 Å². The maximum atomic E-state index is 9.84. The molecular formula is C16H20O3. The second-order valence-corrected chi connectivity index (χ2v) is 4.87. The summed E-state index contributed by atoms with van der Waals surface area (Å²) >= 11 is 0. The number of fused-ring (bicyclic) bond motifs is 1. The maximum absolute atomic E-state index is 9.84. The van der Waals surface area contributed by atoms with Gasteiger partial charge in [-0.05, 0) is 19.2 Å². The van der Waals surface area contributed by atoms with Crippen LogP contribution in [0.3, 0.4) is 0 Å². The molecule has 2 rings (SSSR count). The van der Waals surface area contributed by atoms with Gasteiger partial charge in [-0.15, -0.1) is 0 Å². The molecule has 0 fully saturated rings. The third-order valence-electron chi connectivity index (χ3n) is 3.14. The molecule has 0 saturated carbocycles. The molecule has 0 aliphatic carbocycles. The molecule has 0 aliphatic heterocycles. The number of benzene rings is 2. The number of aliphatic hydroxyl groups excluding tert-OH is 2. The summed E-state index contributed by atoms with van der Waals surface area (Å²) in [5.74, 6) is 0.716. The largest absolute Gasteiger partial charge is 0.492 e. The van der Waals surface area contributed by atoms with Crippen LogP contribution >= 0.6 is 0 Å². The van der Waals surface area contributed by atoms with Crippen LogP contribution in [0.1, 0.15) is 31.9 Å². The molecule has 0 aliphatic rings.